The molecule has 0 spiro atoms. The zero-order valence-electron chi connectivity index (χ0n) is 12.0. The SMILES string of the molecule is C[C](C)CCCC(c1ccccc1)c1ccccc1. The van der Waals surface area contributed by atoms with Crippen molar-refractivity contribution in [2.45, 2.75) is 39.0 Å². The van der Waals surface area contributed by atoms with E-state index in [1.54, 1.807) is 0 Å². The molecular formula is C19H23. The Hall–Kier alpha value is -1.56. The number of hydrogen-bond donors (Lipinski definition) is 0. The predicted molar refractivity (Wildman–Crippen MR) is 83.2 cm³/mol. The van der Waals surface area contributed by atoms with Crippen LogP contribution in [0.25, 0.3) is 0 Å². The molecule has 0 aliphatic rings. The lowest BCUT2D eigenvalue weighted by atomic mass is 9.86. The maximum absolute atomic E-state index is 2.25. The van der Waals surface area contributed by atoms with Crippen LogP contribution in [0.3, 0.4) is 0 Å². The molecule has 0 saturated carbocycles. The largest absolute Gasteiger partial charge is 0.0622 e. The van der Waals surface area contributed by atoms with Gasteiger partial charge in [-0.3, -0.25) is 0 Å². The number of rotatable bonds is 6. The van der Waals surface area contributed by atoms with E-state index >= 15 is 0 Å². The third-order valence-electron chi connectivity index (χ3n) is 3.57. The fraction of sp³-hybridized carbons (Fsp3) is 0.316. The van der Waals surface area contributed by atoms with Crippen molar-refractivity contribution in [2.24, 2.45) is 0 Å². The summed E-state index contributed by atoms with van der Waals surface area (Å²) in [6.07, 6.45) is 3.71. The minimum absolute atomic E-state index is 0.529. The molecule has 0 nitrogen and oxygen atoms in total. The van der Waals surface area contributed by atoms with E-state index in [0.717, 1.165) is 0 Å². The summed E-state index contributed by atoms with van der Waals surface area (Å²) >= 11 is 0. The molecule has 0 heterocycles. The molecule has 19 heavy (non-hydrogen) atoms. The van der Waals surface area contributed by atoms with Gasteiger partial charge < -0.3 is 0 Å². The van der Waals surface area contributed by atoms with E-state index in [4.69, 9.17) is 0 Å². The maximum Gasteiger partial charge on any atom is 0.00893 e. The van der Waals surface area contributed by atoms with Crippen LogP contribution >= 0.6 is 0 Å². The van der Waals surface area contributed by atoms with E-state index in [1.807, 2.05) is 0 Å². The van der Waals surface area contributed by atoms with Crippen molar-refractivity contribution in [1.82, 2.24) is 0 Å². The molecule has 1 radical (unpaired) electrons. The molecule has 0 bridgehead atoms. The van der Waals surface area contributed by atoms with Crippen LogP contribution in [0.1, 0.15) is 50.2 Å². The van der Waals surface area contributed by atoms with Gasteiger partial charge in [-0.15, -0.1) is 0 Å². The Morgan fingerprint density at radius 3 is 1.68 bits per heavy atom. The van der Waals surface area contributed by atoms with Gasteiger partial charge in [0.2, 0.25) is 0 Å². The Morgan fingerprint density at radius 1 is 0.789 bits per heavy atom. The summed E-state index contributed by atoms with van der Waals surface area (Å²) in [6.45, 7) is 4.44. The topological polar surface area (TPSA) is 0 Å². The zero-order valence-corrected chi connectivity index (χ0v) is 12.0. The standard InChI is InChI=1S/C19H23/c1-16(2)10-9-15-19(17-11-5-3-6-12-17)18-13-7-4-8-14-18/h3-8,11-14,19H,9-10,15H2,1-2H3. The second kappa shape index (κ2) is 7.13. The van der Waals surface area contributed by atoms with Crippen LogP contribution in [-0.4, -0.2) is 0 Å². The average Bonchev–Trinajstić information content (AvgIpc) is 2.45. The van der Waals surface area contributed by atoms with Crippen LogP contribution in [0, 0.1) is 5.92 Å². The first-order valence-electron chi connectivity index (χ1n) is 7.16. The Kier molecular flexibility index (Phi) is 5.20. The first kappa shape index (κ1) is 13.9. The lowest BCUT2D eigenvalue weighted by molar-refractivity contribution is 0.634. The van der Waals surface area contributed by atoms with Gasteiger partial charge in [0.25, 0.3) is 0 Å². The molecule has 0 saturated heterocycles. The van der Waals surface area contributed by atoms with Crippen LogP contribution in [0.2, 0.25) is 0 Å². The van der Waals surface area contributed by atoms with Gasteiger partial charge in [0.15, 0.2) is 0 Å². The molecule has 0 aromatic heterocycles. The first-order chi connectivity index (χ1) is 9.27. The molecular weight excluding hydrogens is 228 g/mol. The second-order valence-corrected chi connectivity index (χ2v) is 5.47. The minimum atomic E-state index is 0.529. The van der Waals surface area contributed by atoms with Gasteiger partial charge in [0.05, 0.1) is 0 Å². The molecule has 2 rings (SSSR count). The van der Waals surface area contributed by atoms with E-state index in [9.17, 15) is 0 Å². The summed E-state index contributed by atoms with van der Waals surface area (Å²) in [5, 5.41) is 0. The number of hydrogen-bond acceptors (Lipinski definition) is 0. The van der Waals surface area contributed by atoms with Gasteiger partial charge in [0, 0.05) is 5.92 Å². The molecule has 0 heteroatoms. The Balaban J connectivity index is 2.14. The smallest absolute Gasteiger partial charge is 0.00893 e. The molecule has 2 aromatic carbocycles. The third-order valence-corrected chi connectivity index (χ3v) is 3.57. The van der Waals surface area contributed by atoms with Gasteiger partial charge in [-0.05, 0) is 29.9 Å². The van der Waals surface area contributed by atoms with Crippen LogP contribution < -0.4 is 0 Å². The lowest BCUT2D eigenvalue weighted by Crippen LogP contribution is -2.01. The summed E-state index contributed by atoms with van der Waals surface area (Å²) in [5.41, 5.74) is 2.87. The Bertz CT molecular complexity index is 416. The van der Waals surface area contributed by atoms with Crippen molar-refractivity contribution in [3.05, 3.63) is 77.7 Å². The van der Waals surface area contributed by atoms with Gasteiger partial charge in [-0.2, -0.15) is 0 Å². The summed E-state index contributed by atoms with van der Waals surface area (Å²) < 4.78 is 0. The summed E-state index contributed by atoms with van der Waals surface area (Å²) in [6, 6.07) is 21.8. The quantitative estimate of drug-likeness (QED) is 0.626. The maximum atomic E-state index is 2.25. The highest BCUT2D eigenvalue weighted by Crippen LogP contribution is 2.30. The zero-order chi connectivity index (χ0) is 13.5. The van der Waals surface area contributed by atoms with Gasteiger partial charge in [-0.25, -0.2) is 0 Å². The monoisotopic (exact) mass is 251 g/mol. The Morgan fingerprint density at radius 2 is 1.26 bits per heavy atom. The lowest BCUT2D eigenvalue weighted by Gasteiger charge is -2.18. The van der Waals surface area contributed by atoms with Crippen molar-refractivity contribution < 1.29 is 0 Å². The summed E-state index contributed by atoms with van der Waals surface area (Å²) in [5.74, 6) is 2.06. The molecule has 0 amide bonds. The first-order valence-corrected chi connectivity index (χ1v) is 7.16. The summed E-state index contributed by atoms with van der Waals surface area (Å²) in [7, 11) is 0. The molecule has 0 N–H and O–H groups in total. The van der Waals surface area contributed by atoms with E-state index in [0.29, 0.717) is 5.92 Å². The van der Waals surface area contributed by atoms with E-state index in [-0.39, 0.29) is 0 Å². The van der Waals surface area contributed by atoms with Gasteiger partial charge >= 0.3 is 0 Å². The third kappa shape index (κ3) is 4.24. The van der Waals surface area contributed by atoms with Crippen molar-refractivity contribution in [3.8, 4) is 0 Å². The van der Waals surface area contributed by atoms with Crippen molar-refractivity contribution in [2.75, 3.05) is 0 Å². The number of benzene rings is 2. The minimum Gasteiger partial charge on any atom is -0.0622 e. The Labute approximate surface area is 117 Å². The van der Waals surface area contributed by atoms with Crippen molar-refractivity contribution >= 4 is 0 Å². The molecule has 0 aliphatic heterocycles. The summed E-state index contributed by atoms with van der Waals surface area (Å²) in [4.78, 5) is 0. The van der Waals surface area contributed by atoms with Gasteiger partial charge in [0.1, 0.15) is 0 Å². The van der Waals surface area contributed by atoms with Crippen molar-refractivity contribution in [3.63, 3.8) is 0 Å². The molecule has 0 unspecified atom stereocenters. The fourth-order valence-electron chi connectivity index (χ4n) is 2.56. The highest BCUT2D eigenvalue weighted by molar-refractivity contribution is 5.32. The van der Waals surface area contributed by atoms with Crippen LogP contribution in [0.4, 0.5) is 0 Å². The second-order valence-electron chi connectivity index (χ2n) is 5.47. The van der Waals surface area contributed by atoms with E-state index in [2.05, 4.69) is 74.5 Å². The molecule has 99 valence electrons. The van der Waals surface area contributed by atoms with Crippen LogP contribution in [-0.2, 0) is 0 Å². The molecule has 0 aliphatic carbocycles. The van der Waals surface area contributed by atoms with E-state index in [1.165, 1.54) is 36.3 Å². The van der Waals surface area contributed by atoms with Crippen molar-refractivity contribution in [1.29, 1.82) is 0 Å². The predicted octanol–water partition coefficient (Wildman–Crippen LogP) is 5.60. The van der Waals surface area contributed by atoms with Gasteiger partial charge in [-0.1, -0.05) is 80.9 Å². The highest BCUT2D eigenvalue weighted by atomic mass is 14.2. The highest BCUT2D eigenvalue weighted by Gasteiger charge is 2.13. The van der Waals surface area contributed by atoms with Crippen LogP contribution in [0.5, 0.6) is 0 Å². The van der Waals surface area contributed by atoms with Crippen LogP contribution in [0.15, 0.2) is 60.7 Å². The average molecular weight is 251 g/mol. The fourth-order valence-corrected chi connectivity index (χ4v) is 2.56. The molecule has 0 atom stereocenters. The molecule has 0 fully saturated rings. The molecule has 2 aromatic rings. The normalized spacial score (nSPS) is 11.2. The van der Waals surface area contributed by atoms with E-state index < -0.39 is 0 Å².